The molecule has 1 aromatic carbocycles. The number of nitrogens with one attached hydrogen (secondary N) is 1. The summed E-state index contributed by atoms with van der Waals surface area (Å²) < 4.78 is 0.902. The molecule has 1 atom stereocenters. The third kappa shape index (κ3) is 3.56. The number of hydrogen-bond acceptors (Lipinski definition) is 6. The average molecular weight is 493 g/mol. The largest absolute Gasteiger partial charge is 0.369 e. The van der Waals surface area contributed by atoms with E-state index in [-0.39, 0.29) is 29.9 Å². The van der Waals surface area contributed by atoms with E-state index < -0.39 is 29.7 Å². The van der Waals surface area contributed by atoms with E-state index in [1.807, 2.05) is 12.1 Å². The van der Waals surface area contributed by atoms with Gasteiger partial charge in [-0.25, -0.2) is 4.98 Å². The lowest BCUT2D eigenvalue weighted by atomic mass is 9.98. The Bertz CT molecular complexity index is 1220. The first kappa shape index (κ1) is 20.4. The van der Waals surface area contributed by atoms with Crippen LogP contribution >= 0.6 is 15.9 Å². The van der Waals surface area contributed by atoms with Gasteiger partial charge < -0.3 is 4.90 Å². The zero-order valence-corrected chi connectivity index (χ0v) is 18.4. The van der Waals surface area contributed by atoms with E-state index in [0.29, 0.717) is 18.8 Å². The quantitative estimate of drug-likeness (QED) is 0.506. The normalized spacial score (nSPS) is 20.5. The molecular weight excluding hydrogens is 476 g/mol. The molecule has 3 aliphatic rings. The fourth-order valence-electron chi connectivity index (χ4n) is 4.06. The number of imide groups is 2. The number of aromatic nitrogens is 1. The number of carbonyl (C=O) groups is 4. The van der Waals surface area contributed by atoms with E-state index in [4.69, 9.17) is 0 Å². The molecule has 4 heterocycles. The van der Waals surface area contributed by atoms with E-state index >= 15 is 0 Å². The lowest BCUT2D eigenvalue weighted by Crippen LogP contribution is -2.54. The van der Waals surface area contributed by atoms with Crippen molar-refractivity contribution in [3.63, 3.8) is 0 Å². The Morgan fingerprint density at radius 1 is 1.03 bits per heavy atom. The highest BCUT2D eigenvalue weighted by Gasteiger charge is 2.45. The zero-order valence-electron chi connectivity index (χ0n) is 16.8. The molecule has 9 heteroatoms. The lowest BCUT2D eigenvalue weighted by molar-refractivity contribution is -0.136. The maximum Gasteiger partial charge on any atom is 0.262 e. The van der Waals surface area contributed by atoms with Gasteiger partial charge in [0.2, 0.25) is 11.8 Å². The molecule has 0 radical (unpaired) electrons. The first-order valence-electron chi connectivity index (χ1n) is 10.1. The Hall–Kier alpha value is -3.51. The molecule has 0 bridgehead atoms. The van der Waals surface area contributed by atoms with E-state index in [9.17, 15) is 19.2 Å². The Morgan fingerprint density at radius 3 is 2.53 bits per heavy atom. The molecule has 5 rings (SSSR count). The van der Waals surface area contributed by atoms with Crippen molar-refractivity contribution in [3.8, 4) is 11.8 Å². The standard InChI is InChI=1S/C23H17BrN4O4/c24-14-2-4-15(25-10-14)3-1-13-11-27(12-13)16-5-6-17-18(9-16)23(32)28(22(17)31)19-7-8-20(29)26-21(19)30/h2,4-6,9-10,13,19H,7-8,11-12H2,(H,26,29,30). The topological polar surface area (TPSA) is 99.7 Å². The second-order valence-electron chi connectivity index (χ2n) is 7.91. The minimum atomic E-state index is -0.959. The van der Waals surface area contributed by atoms with Crippen LogP contribution in [0.1, 0.15) is 39.3 Å². The molecule has 1 aromatic heterocycles. The van der Waals surface area contributed by atoms with Crippen molar-refractivity contribution in [2.45, 2.75) is 18.9 Å². The molecule has 3 aliphatic heterocycles. The molecular formula is C23H17BrN4O4. The van der Waals surface area contributed by atoms with Gasteiger partial charge in [0.1, 0.15) is 11.7 Å². The highest BCUT2D eigenvalue weighted by Crippen LogP contribution is 2.32. The number of pyridine rings is 1. The fourth-order valence-corrected chi connectivity index (χ4v) is 4.30. The van der Waals surface area contributed by atoms with Crippen LogP contribution in [-0.2, 0) is 9.59 Å². The van der Waals surface area contributed by atoms with Gasteiger partial charge in [0.05, 0.1) is 17.0 Å². The van der Waals surface area contributed by atoms with Gasteiger partial charge in [0, 0.05) is 35.9 Å². The number of amides is 4. The molecule has 2 saturated heterocycles. The van der Waals surface area contributed by atoms with Gasteiger partial charge in [-0.2, -0.15) is 0 Å². The number of anilines is 1. The summed E-state index contributed by atoms with van der Waals surface area (Å²) in [6, 6.07) is 7.91. The van der Waals surface area contributed by atoms with Gasteiger partial charge in [-0.3, -0.25) is 29.4 Å². The third-order valence-corrected chi connectivity index (χ3v) is 6.27. The van der Waals surface area contributed by atoms with Crippen LogP contribution in [0.15, 0.2) is 41.0 Å². The van der Waals surface area contributed by atoms with Gasteiger partial charge in [0.15, 0.2) is 0 Å². The van der Waals surface area contributed by atoms with Gasteiger partial charge in [-0.05, 0) is 58.6 Å². The molecule has 0 spiro atoms. The third-order valence-electron chi connectivity index (χ3n) is 5.80. The molecule has 8 nitrogen and oxygen atoms in total. The predicted molar refractivity (Wildman–Crippen MR) is 118 cm³/mol. The Labute approximate surface area is 192 Å². The monoisotopic (exact) mass is 492 g/mol. The summed E-state index contributed by atoms with van der Waals surface area (Å²) in [4.78, 5) is 56.6. The minimum absolute atomic E-state index is 0.0983. The van der Waals surface area contributed by atoms with Crippen molar-refractivity contribution < 1.29 is 19.2 Å². The van der Waals surface area contributed by atoms with Crippen molar-refractivity contribution in [2.24, 2.45) is 5.92 Å². The Kier molecular flexibility index (Phi) is 5.02. The number of piperidine rings is 1. The molecule has 32 heavy (non-hydrogen) atoms. The van der Waals surface area contributed by atoms with Crippen molar-refractivity contribution in [3.05, 3.63) is 57.8 Å². The van der Waals surface area contributed by atoms with Crippen LogP contribution in [0.25, 0.3) is 0 Å². The molecule has 1 N–H and O–H groups in total. The summed E-state index contributed by atoms with van der Waals surface area (Å²) in [6.45, 7) is 1.42. The predicted octanol–water partition coefficient (Wildman–Crippen LogP) is 1.73. The average Bonchev–Trinajstić information content (AvgIpc) is 2.98. The highest BCUT2D eigenvalue weighted by atomic mass is 79.9. The van der Waals surface area contributed by atoms with Crippen LogP contribution in [0.2, 0.25) is 0 Å². The number of carbonyl (C=O) groups excluding carboxylic acids is 4. The molecule has 160 valence electrons. The number of fused-ring (bicyclic) bond motifs is 1. The van der Waals surface area contributed by atoms with Crippen molar-refractivity contribution >= 4 is 45.2 Å². The fraction of sp³-hybridized carbons (Fsp3) is 0.261. The van der Waals surface area contributed by atoms with Gasteiger partial charge in [-0.1, -0.05) is 5.92 Å². The van der Waals surface area contributed by atoms with Crippen LogP contribution in [0.3, 0.4) is 0 Å². The van der Waals surface area contributed by atoms with Crippen LogP contribution in [-0.4, -0.2) is 52.6 Å². The summed E-state index contributed by atoms with van der Waals surface area (Å²) in [5.41, 5.74) is 2.10. The molecule has 4 amide bonds. The van der Waals surface area contributed by atoms with E-state index in [1.54, 1.807) is 24.4 Å². The van der Waals surface area contributed by atoms with Crippen molar-refractivity contribution in [1.82, 2.24) is 15.2 Å². The second kappa shape index (κ2) is 7.88. The number of rotatable bonds is 2. The van der Waals surface area contributed by atoms with Crippen LogP contribution in [0.4, 0.5) is 5.69 Å². The Balaban J connectivity index is 1.28. The maximum atomic E-state index is 13.0. The summed E-state index contributed by atoms with van der Waals surface area (Å²) in [7, 11) is 0. The first-order valence-corrected chi connectivity index (χ1v) is 10.9. The summed E-state index contributed by atoms with van der Waals surface area (Å²) in [5, 5.41) is 2.20. The SMILES string of the molecule is O=C1CCC(N2C(=O)c3ccc(N4CC(C#Cc5ccc(Br)cn5)C4)cc3C2=O)C(=O)N1. The molecule has 1 unspecified atom stereocenters. The van der Waals surface area contributed by atoms with E-state index in [1.165, 1.54) is 0 Å². The second-order valence-corrected chi connectivity index (χ2v) is 8.83. The molecule has 2 aromatic rings. The highest BCUT2D eigenvalue weighted by molar-refractivity contribution is 9.10. The Morgan fingerprint density at radius 2 is 1.81 bits per heavy atom. The van der Waals surface area contributed by atoms with Crippen molar-refractivity contribution in [2.75, 3.05) is 18.0 Å². The van der Waals surface area contributed by atoms with Gasteiger partial charge in [-0.15, -0.1) is 0 Å². The van der Waals surface area contributed by atoms with Gasteiger partial charge >= 0.3 is 0 Å². The zero-order chi connectivity index (χ0) is 22.4. The van der Waals surface area contributed by atoms with Crippen molar-refractivity contribution in [1.29, 1.82) is 0 Å². The summed E-state index contributed by atoms with van der Waals surface area (Å²) in [6.07, 6.45) is 1.95. The smallest absolute Gasteiger partial charge is 0.262 e. The van der Waals surface area contributed by atoms with E-state index in [0.717, 1.165) is 15.1 Å². The number of benzene rings is 1. The summed E-state index contributed by atoms with van der Waals surface area (Å²) >= 11 is 3.35. The minimum Gasteiger partial charge on any atom is -0.369 e. The molecule has 0 aliphatic carbocycles. The number of nitrogens with zero attached hydrogens (tertiary/aromatic N) is 3. The van der Waals surface area contributed by atoms with Crippen LogP contribution < -0.4 is 10.2 Å². The molecule has 2 fully saturated rings. The van der Waals surface area contributed by atoms with Crippen LogP contribution in [0, 0.1) is 17.8 Å². The number of hydrogen-bond donors (Lipinski definition) is 1. The lowest BCUT2D eigenvalue weighted by Gasteiger charge is -2.38. The van der Waals surface area contributed by atoms with E-state index in [2.05, 4.69) is 43.0 Å². The number of halogens is 1. The molecule has 0 saturated carbocycles. The maximum absolute atomic E-state index is 13.0. The first-order chi connectivity index (χ1) is 15.4. The van der Waals surface area contributed by atoms with Gasteiger partial charge in [0.25, 0.3) is 11.8 Å². The summed E-state index contributed by atoms with van der Waals surface area (Å²) in [5.74, 6) is 4.47. The van der Waals surface area contributed by atoms with Crippen LogP contribution in [0.5, 0.6) is 0 Å².